The predicted octanol–water partition coefficient (Wildman–Crippen LogP) is 3.03. The lowest BCUT2D eigenvalue weighted by Gasteiger charge is -2.24. The molecule has 98 valence electrons. The summed E-state index contributed by atoms with van der Waals surface area (Å²) in [4.78, 5) is 0. The molecule has 1 unspecified atom stereocenters. The first-order valence-electron chi connectivity index (χ1n) is 4.19. The fourth-order valence-electron chi connectivity index (χ4n) is 0.565. The molecule has 16 heavy (non-hydrogen) atoms. The Kier molecular flexibility index (Phi) is 6.03. The molecule has 3 nitrogen and oxygen atoms in total. The maximum atomic E-state index is 12.4. The molecule has 0 saturated carbocycles. The number of hydrogen-bond donors (Lipinski definition) is 0. The minimum atomic E-state index is -4.51. The topological polar surface area (TPSA) is 21.7 Å². The average molecular weight is 269 g/mol. The molecule has 0 aromatic carbocycles. The molecule has 1 atom stereocenters. The average Bonchev–Trinajstić information content (AvgIpc) is 1.98. The van der Waals surface area contributed by atoms with Gasteiger partial charge in [-0.2, -0.15) is 13.2 Å². The van der Waals surface area contributed by atoms with Crippen LogP contribution in [-0.2, 0) is 9.05 Å². The molecule has 0 amide bonds. The minimum absolute atomic E-state index is 0.611. The van der Waals surface area contributed by atoms with Crippen molar-refractivity contribution in [2.45, 2.75) is 19.0 Å². The highest BCUT2D eigenvalue weighted by atomic mass is 31.2. The smallest absolute Gasteiger partial charge is 0.316 e. The maximum absolute atomic E-state index is 12.4. The Bertz CT molecular complexity index is 188. The van der Waals surface area contributed by atoms with Gasteiger partial charge in [0.1, 0.15) is 6.61 Å². The zero-order chi connectivity index (χ0) is 13.0. The highest BCUT2D eigenvalue weighted by molar-refractivity contribution is 7.44. The molecular formula is C7H13F5NO2P. The molecule has 0 bridgehead atoms. The second kappa shape index (κ2) is 6.05. The van der Waals surface area contributed by atoms with E-state index < -0.39 is 33.8 Å². The van der Waals surface area contributed by atoms with Crippen LogP contribution in [0.2, 0.25) is 0 Å². The van der Waals surface area contributed by atoms with E-state index >= 15 is 0 Å². The van der Waals surface area contributed by atoms with Crippen molar-refractivity contribution in [2.75, 3.05) is 27.3 Å². The van der Waals surface area contributed by atoms with Crippen LogP contribution < -0.4 is 0 Å². The third-order valence-corrected chi connectivity index (χ3v) is 2.45. The van der Waals surface area contributed by atoms with Gasteiger partial charge in [-0.25, -0.2) is 13.5 Å². The van der Waals surface area contributed by atoms with Crippen LogP contribution in [0.4, 0.5) is 22.0 Å². The summed E-state index contributed by atoms with van der Waals surface area (Å²) in [6, 6.07) is 0. The summed E-state index contributed by atoms with van der Waals surface area (Å²) in [5.41, 5.74) is 0. The van der Waals surface area contributed by atoms with Crippen LogP contribution >= 0.6 is 8.53 Å². The first-order valence-corrected chi connectivity index (χ1v) is 5.32. The van der Waals surface area contributed by atoms with Crippen LogP contribution in [0.5, 0.6) is 0 Å². The standard InChI is InChI=1S/C7H13F5NO2P/c1-6(8,9)4-14-16(13(2)3)15-5-7(10,11)12/h4-5H2,1-3H3. The maximum Gasteiger partial charge on any atom is 0.412 e. The van der Waals surface area contributed by atoms with Gasteiger partial charge in [0.2, 0.25) is 0 Å². The lowest BCUT2D eigenvalue weighted by atomic mass is 10.4. The molecular weight excluding hydrogens is 256 g/mol. The fourth-order valence-corrected chi connectivity index (χ4v) is 1.70. The van der Waals surface area contributed by atoms with Crippen LogP contribution in [-0.4, -0.2) is 44.1 Å². The van der Waals surface area contributed by atoms with Gasteiger partial charge in [-0.05, 0) is 14.1 Å². The summed E-state index contributed by atoms with van der Waals surface area (Å²) in [5.74, 6) is -3.10. The van der Waals surface area contributed by atoms with Gasteiger partial charge in [0, 0.05) is 6.92 Å². The molecule has 0 N–H and O–H groups in total. The van der Waals surface area contributed by atoms with Crippen molar-refractivity contribution in [3.63, 3.8) is 0 Å². The van der Waals surface area contributed by atoms with Gasteiger partial charge in [0.05, 0.1) is 0 Å². The van der Waals surface area contributed by atoms with Crippen molar-refractivity contribution in [2.24, 2.45) is 0 Å². The second-order valence-corrected chi connectivity index (χ2v) is 5.11. The zero-order valence-electron chi connectivity index (χ0n) is 9.01. The molecule has 9 heteroatoms. The van der Waals surface area contributed by atoms with Gasteiger partial charge in [-0.3, -0.25) is 0 Å². The Morgan fingerprint density at radius 1 is 1.00 bits per heavy atom. The molecule has 0 spiro atoms. The molecule has 0 radical (unpaired) electrons. The summed E-state index contributed by atoms with van der Waals surface area (Å²) in [7, 11) is 0.655. The monoisotopic (exact) mass is 269 g/mol. The second-order valence-electron chi connectivity index (χ2n) is 3.32. The molecule has 0 aliphatic heterocycles. The van der Waals surface area contributed by atoms with Crippen LogP contribution in [0.15, 0.2) is 0 Å². The van der Waals surface area contributed by atoms with Gasteiger partial charge in [0.15, 0.2) is 6.61 Å². The van der Waals surface area contributed by atoms with Gasteiger partial charge in [0.25, 0.3) is 14.4 Å². The lowest BCUT2D eigenvalue weighted by molar-refractivity contribution is -0.155. The first kappa shape index (κ1) is 16.0. The minimum Gasteiger partial charge on any atom is -0.316 e. The van der Waals surface area contributed by atoms with Crippen molar-refractivity contribution >= 4 is 8.53 Å². The van der Waals surface area contributed by atoms with E-state index in [4.69, 9.17) is 0 Å². The molecule has 0 rings (SSSR count). The van der Waals surface area contributed by atoms with E-state index in [1.165, 1.54) is 18.8 Å². The number of nitrogens with zero attached hydrogens (tertiary/aromatic N) is 1. The quantitative estimate of drug-likeness (QED) is 0.546. The SMILES string of the molecule is CN(C)P(OCC(C)(F)F)OCC(F)(F)F. The Morgan fingerprint density at radius 3 is 1.75 bits per heavy atom. The molecule has 0 aromatic rings. The molecule has 0 heterocycles. The predicted molar refractivity (Wildman–Crippen MR) is 49.2 cm³/mol. The lowest BCUT2D eigenvalue weighted by Crippen LogP contribution is -2.22. The molecule has 0 fully saturated rings. The van der Waals surface area contributed by atoms with Gasteiger partial charge in [-0.15, -0.1) is 0 Å². The van der Waals surface area contributed by atoms with Crippen LogP contribution in [0.3, 0.4) is 0 Å². The number of rotatable bonds is 6. The fraction of sp³-hybridized carbons (Fsp3) is 1.00. The summed E-state index contributed by atoms with van der Waals surface area (Å²) in [5, 5.41) is 0. The highest BCUT2D eigenvalue weighted by Crippen LogP contribution is 2.42. The number of halogens is 5. The van der Waals surface area contributed by atoms with Crippen molar-refractivity contribution in [1.29, 1.82) is 0 Å². The van der Waals surface area contributed by atoms with E-state index in [1.54, 1.807) is 0 Å². The Morgan fingerprint density at radius 2 is 1.44 bits per heavy atom. The zero-order valence-corrected chi connectivity index (χ0v) is 9.91. The van der Waals surface area contributed by atoms with Crippen molar-refractivity contribution < 1.29 is 31.0 Å². The van der Waals surface area contributed by atoms with Gasteiger partial charge >= 0.3 is 6.18 Å². The number of alkyl halides is 5. The van der Waals surface area contributed by atoms with E-state index in [2.05, 4.69) is 9.05 Å². The van der Waals surface area contributed by atoms with Crippen molar-refractivity contribution in [3.05, 3.63) is 0 Å². The van der Waals surface area contributed by atoms with Crippen molar-refractivity contribution in [1.82, 2.24) is 4.67 Å². The van der Waals surface area contributed by atoms with E-state index in [1.807, 2.05) is 0 Å². The normalized spacial score (nSPS) is 15.6. The van der Waals surface area contributed by atoms with Gasteiger partial charge < -0.3 is 9.05 Å². The largest absolute Gasteiger partial charge is 0.412 e. The van der Waals surface area contributed by atoms with Crippen LogP contribution in [0.25, 0.3) is 0 Å². The van der Waals surface area contributed by atoms with Crippen molar-refractivity contribution in [3.8, 4) is 0 Å². The summed E-state index contributed by atoms with van der Waals surface area (Å²) >= 11 is 0. The highest BCUT2D eigenvalue weighted by Gasteiger charge is 2.32. The van der Waals surface area contributed by atoms with Crippen LogP contribution in [0, 0.1) is 0 Å². The summed E-state index contributed by atoms with van der Waals surface area (Å²) < 4.78 is 70.4. The summed E-state index contributed by atoms with van der Waals surface area (Å²) in [6.07, 6.45) is -4.51. The number of hydrogen-bond acceptors (Lipinski definition) is 3. The van der Waals surface area contributed by atoms with E-state index in [9.17, 15) is 22.0 Å². The van der Waals surface area contributed by atoms with Crippen LogP contribution in [0.1, 0.15) is 6.92 Å². The Hall–Kier alpha value is -0.0400. The van der Waals surface area contributed by atoms with E-state index in [0.29, 0.717) is 6.92 Å². The molecule has 0 saturated heterocycles. The van der Waals surface area contributed by atoms with E-state index in [0.717, 1.165) is 0 Å². The molecule has 0 aliphatic carbocycles. The third-order valence-electron chi connectivity index (χ3n) is 1.09. The first-order chi connectivity index (χ1) is 7.01. The Labute approximate surface area is 91.5 Å². The Balaban J connectivity index is 4.09. The third kappa shape index (κ3) is 9.21. The molecule has 0 aliphatic rings. The van der Waals surface area contributed by atoms with Gasteiger partial charge in [-0.1, -0.05) is 0 Å². The molecule has 0 aromatic heterocycles. The summed E-state index contributed by atoms with van der Waals surface area (Å²) in [6.45, 7) is -1.89. The van der Waals surface area contributed by atoms with E-state index in [-0.39, 0.29) is 0 Å².